The van der Waals surface area contributed by atoms with Crippen LogP contribution in [0.2, 0.25) is 0 Å². The van der Waals surface area contributed by atoms with Crippen LogP contribution in [0.3, 0.4) is 0 Å². The number of hydrogen-bond acceptors (Lipinski definition) is 11. The number of ether oxygens (including phenoxy) is 4. The van der Waals surface area contributed by atoms with E-state index in [1.54, 1.807) is 0 Å². The van der Waals surface area contributed by atoms with E-state index in [1.807, 2.05) is 0 Å². The SMILES string of the molecule is CCCCCCCC/C=C/C/C=C/CCCCC(=O)OC[C@H](CO[C@H]1O[C@H](CS(=O)(=O)O)[C@@H](O)C(O)C1O)OC(=O)CCCCCCCCCCCCCCCCCCCCCCCC. The van der Waals surface area contributed by atoms with Crippen LogP contribution in [0.15, 0.2) is 24.3 Å². The lowest BCUT2D eigenvalue weighted by atomic mass is 10.00. The third kappa shape index (κ3) is 36.8. The first kappa shape index (κ1) is 61.1. The van der Waals surface area contributed by atoms with Crippen LogP contribution in [0.4, 0.5) is 0 Å². The van der Waals surface area contributed by atoms with Gasteiger partial charge in [-0.05, 0) is 44.9 Å². The molecular weight excluding hydrogens is 849 g/mol. The van der Waals surface area contributed by atoms with Gasteiger partial charge in [-0.2, -0.15) is 8.42 Å². The Morgan fingerprint density at radius 1 is 0.523 bits per heavy atom. The van der Waals surface area contributed by atoms with Crippen molar-refractivity contribution in [1.29, 1.82) is 0 Å². The first-order valence-corrected chi connectivity index (χ1v) is 28.0. The zero-order chi connectivity index (χ0) is 47.6. The Morgan fingerprint density at radius 2 is 0.923 bits per heavy atom. The van der Waals surface area contributed by atoms with Crippen molar-refractivity contribution in [1.82, 2.24) is 0 Å². The van der Waals surface area contributed by atoms with Crippen LogP contribution in [-0.2, 0) is 38.7 Å². The summed E-state index contributed by atoms with van der Waals surface area (Å²) >= 11 is 0. The summed E-state index contributed by atoms with van der Waals surface area (Å²) in [5, 5.41) is 31.0. The third-order valence-electron chi connectivity index (χ3n) is 12.3. The summed E-state index contributed by atoms with van der Waals surface area (Å²) in [5.41, 5.74) is 0. The zero-order valence-electron chi connectivity index (χ0n) is 41.1. The molecule has 1 aliphatic heterocycles. The highest BCUT2D eigenvalue weighted by atomic mass is 32.2. The smallest absolute Gasteiger partial charge is 0.306 e. The van der Waals surface area contributed by atoms with Gasteiger partial charge in [0.15, 0.2) is 12.4 Å². The van der Waals surface area contributed by atoms with Gasteiger partial charge in [0.1, 0.15) is 36.8 Å². The number of carbonyl (C=O) groups excluding carboxylic acids is 2. The largest absolute Gasteiger partial charge is 0.462 e. The van der Waals surface area contributed by atoms with Gasteiger partial charge in [0.25, 0.3) is 10.1 Å². The minimum Gasteiger partial charge on any atom is -0.462 e. The lowest BCUT2D eigenvalue weighted by Gasteiger charge is -2.40. The molecule has 65 heavy (non-hydrogen) atoms. The van der Waals surface area contributed by atoms with Crippen LogP contribution >= 0.6 is 0 Å². The van der Waals surface area contributed by atoms with Crippen LogP contribution < -0.4 is 0 Å². The van der Waals surface area contributed by atoms with Gasteiger partial charge in [0.2, 0.25) is 0 Å². The van der Waals surface area contributed by atoms with E-state index in [-0.39, 0.29) is 19.4 Å². The first-order valence-electron chi connectivity index (χ1n) is 26.4. The van der Waals surface area contributed by atoms with E-state index in [1.165, 1.54) is 154 Å². The molecule has 0 aromatic carbocycles. The highest BCUT2D eigenvalue weighted by Gasteiger charge is 2.46. The fourth-order valence-corrected chi connectivity index (χ4v) is 8.87. The molecule has 6 atom stereocenters. The van der Waals surface area contributed by atoms with Crippen molar-refractivity contribution < 1.29 is 56.8 Å². The van der Waals surface area contributed by atoms with E-state index in [0.29, 0.717) is 12.8 Å². The van der Waals surface area contributed by atoms with Gasteiger partial charge in [0.05, 0.1) is 6.61 Å². The average molecular weight is 945 g/mol. The molecule has 0 aromatic rings. The molecule has 0 bridgehead atoms. The molecule has 1 aliphatic rings. The van der Waals surface area contributed by atoms with E-state index in [2.05, 4.69) is 38.2 Å². The molecule has 0 radical (unpaired) electrons. The molecule has 12 nitrogen and oxygen atoms in total. The Balaban J connectivity index is 2.35. The van der Waals surface area contributed by atoms with Gasteiger partial charge in [-0.15, -0.1) is 0 Å². The van der Waals surface area contributed by atoms with Gasteiger partial charge in [0, 0.05) is 12.8 Å². The zero-order valence-corrected chi connectivity index (χ0v) is 41.9. The fourth-order valence-electron chi connectivity index (χ4n) is 8.18. The van der Waals surface area contributed by atoms with Crippen LogP contribution in [0, 0.1) is 0 Å². The van der Waals surface area contributed by atoms with Gasteiger partial charge < -0.3 is 34.3 Å². The van der Waals surface area contributed by atoms with Crippen molar-refractivity contribution in [3.8, 4) is 0 Å². The van der Waals surface area contributed by atoms with E-state index < -0.39 is 71.2 Å². The van der Waals surface area contributed by atoms with Crippen LogP contribution in [0.1, 0.15) is 239 Å². The summed E-state index contributed by atoms with van der Waals surface area (Å²) in [7, 11) is -4.61. The predicted molar refractivity (Wildman–Crippen MR) is 261 cm³/mol. The van der Waals surface area contributed by atoms with Crippen molar-refractivity contribution in [2.75, 3.05) is 19.0 Å². The third-order valence-corrected chi connectivity index (χ3v) is 13.0. The number of allylic oxidation sites excluding steroid dienone is 4. The number of esters is 2. The normalized spacial score (nSPS) is 19.6. The maximum absolute atomic E-state index is 12.9. The lowest BCUT2D eigenvalue weighted by Crippen LogP contribution is -2.60. The first-order chi connectivity index (χ1) is 31.5. The van der Waals surface area contributed by atoms with Crippen molar-refractivity contribution in [3.63, 3.8) is 0 Å². The van der Waals surface area contributed by atoms with Gasteiger partial charge in [-0.1, -0.05) is 205 Å². The molecule has 1 rings (SSSR count). The molecule has 0 aromatic heterocycles. The highest BCUT2D eigenvalue weighted by Crippen LogP contribution is 2.24. The molecule has 1 heterocycles. The molecule has 0 saturated carbocycles. The number of rotatable bonds is 45. The quantitative estimate of drug-likeness (QED) is 0.0196. The summed E-state index contributed by atoms with van der Waals surface area (Å²) in [4.78, 5) is 25.5. The second-order valence-corrected chi connectivity index (χ2v) is 20.0. The van der Waals surface area contributed by atoms with Crippen molar-refractivity contribution in [3.05, 3.63) is 24.3 Å². The van der Waals surface area contributed by atoms with Gasteiger partial charge in [-0.3, -0.25) is 14.1 Å². The molecule has 0 aliphatic carbocycles. The summed E-state index contributed by atoms with van der Waals surface area (Å²) in [5.74, 6) is -2.01. The molecule has 4 N–H and O–H groups in total. The number of aliphatic hydroxyl groups excluding tert-OH is 3. The monoisotopic (exact) mass is 945 g/mol. The van der Waals surface area contributed by atoms with Crippen LogP contribution in [-0.4, -0.2) is 96.0 Å². The molecule has 382 valence electrons. The van der Waals surface area contributed by atoms with Crippen molar-refractivity contribution >= 4 is 22.1 Å². The van der Waals surface area contributed by atoms with Crippen molar-refractivity contribution in [2.24, 2.45) is 0 Å². The average Bonchev–Trinajstić information content (AvgIpc) is 3.27. The van der Waals surface area contributed by atoms with E-state index in [4.69, 9.17) is 18.9 Å². The molecule has 13 heteroatoms. The summed E-state index contributed by atoms with van der Waals surface area (Å²) in [6.45, 7) is 3.76. The van der Waals surface area contributed by atoms with E-state index in [9.17, 15) is 37.9 Å². The highest BCUT2D eigenvalue weighted by molar-refractivity contribution is 7.85. The topological polar surface area (TPSA) is 186 Å². The number of hydrogen-bond donors (Lipinski definition) is 4. The Morgan fingerprint density at radius 3 is 1.38 bits per heavy atom. The van der Waals surface area contributed by atoms with E-state index >= 15 is 0 Å². The maximum atomic E-state index is 12.9. The molecular formula is C52H96O12S. The lowest BCUT2D eigenvalue weighted by molar-refractivity contribution is -0.297. The van der Waals surface area contributed by atoms with Gasteiger partial charge in [-0.25, -0.2) is 0 Å². The second kappa shape index (κ2) is 42.2. The maximum Gasteiger partial charge on any atom is 0.306 e. The Labute approximate surface area is 396 Å². The molecule has 1 saturated heterocycles. The Bertz CT molecular complexity index is 1290. The van der Waals surface area contributed by atoms with E-state index in [0.717, 1.165) is 44.9 Å². The number of unbranched alkanes of at least 4 members (excludes halogenated alkanes) is 29. The van der Waals surface area contributed by atoms with Crippen LogP contribution in [0.5, 0.6) is 0 Å². The summed E-state index contributed by atoms with van der Waals surface area (Å²) in [6.07, 6.45) is 39.4. The summed E-state index contributed by atoms with van der Waals surface area (Å²) in [6, 6.07) is 0. The second-order valence-electron chi connectivity index (χ2n) is 18.5. The molecule has 1 fully saturated rings. The number of carbonyl (C=O) groups is 2. The fraction of sp³-hybridized carbons (Fsp3) is 0.885. The molecule has 0 amide bonds. The summed E-state index contributed by atoms with van der Waals surface area (Å²) < 4.78 is 54.2. The Kier molecular flexibility index (Phi) is 39.7. The molecule has 0 spiro atoms. The predicted octanol–water partition coefficient (Wildman–Crippen LogP) is 12.0. The Hall–Kier alpha value is -1.87. The van der Waals surface area contributed by atoms with Crippen molar-refractivity contribution in [2.45, 2.75) is 275 Å². The van der Waals surface area contributed by atoms with Gasteiger partial charge >= 0.3 is 11.9 Å². The standard InChI is InChI=1S/C52H96O12S/c1-3-5-7-9-11-13-15-17-19-20-21-22-23-24-25-27-29-31-33-35-37-39-41-48(54)63-45(43-62-52-51(57)50(56)49(55)46(64-52)44-65(58,59)60)42-61-47(53)40-38-36-34-32-30-28-26-18-16-14-12-10-8-6-4-2/h18,26,30,32,45-46,49-52,55-57H,3-17,19-25,27-29,31,33-44H2,1-2H3,(H,58,59,60)/b26-18+,32-30+/t45-,46-,49-,50?,51?,52+/m1/s1. The minimum atomic E-state index is -4.61. The minimum absolute atomic E-state index is 0.163. The van der Waals surface area contributed by atoms with Crippen LogP contribution in [0.25, 0.3) is 0 Å². The number of aliphatic hydroxyl groups is 3. The molecule has 2 unspecified atom stereocenters.